The van der Waals surface area contributed by atoms with Crippen LogP contribution in [-0.2, 0) is 17.8 Å². The molecule has 6 aliphatic rings. The zero-order valence-corrected chi connectivity index (χ0v) is 50.3. The number of thioether (sulfide) groups is 2. The first-order chi connectivity index (χ1) is 42.3. The highest BCUT2D eigenvalue weighted by atomic mass is 32.2. The quantitative estimate of drug-likeness (QED) is 0.0513. The number of carbonyl (C=O) groups excluding carboxylic acids is 1. The smallest absolute Gasteiger partial charge is 0.478 e. The summed E-state index contributed by atoms with van der Waals surface area (Å²) in [6.07, 6.45) is 2.34. The van der Waals surface area contributed by atoms with Gasteiger partial charge in [0.1, 0.15) is 45.4 Å². The Kier molecular flexibility index (Phi) is 17.1. The van der Waals surface area contributed by atoms with E-state index >= 15 is 0 Å². The van der Waals surface area contributed by atoms with Gasteiger partial charge in [-0.3, -0.25) is 0 Å². The second-order valence-electron chi connectivity index (χ2n) is 23.4. The number of carboxylic acids is 1. The van der Waals surface area contributed by atoms with Crippen LogP contribution in [0.1, 0.15) is 139 Å². The number of rotatable bonds is 19. The Morgan fingerprint density at radius 2 is 1.02 bits per heavy atom. The van der Waals surface area contributed by atoms with E-state index in [1.54, 1.807) is 60.8 Å². The van der Waals surface area contributed by atoms with Crippen molar-refractivity contribution >= 4 is 78.6 Å². The van der Waals surface area contributed by atoms with Gasteiger partial charge >= 0.3 is 24.7 Å². The molecule has 26 heteroatoms. The molecule has 6 saturated carbocycles. The van der Waals surface area contributed by atoms with Crippen LogP contribution in [0.3, 0.4) is 0 Å². The molecule has 4 bridgehead atoms. The molecule has 0 aliphatic heterocycles. The maximum absolute atomic E-state index is 14.8. The van der Waals surface area contributed by atoms with Gasteiger partial charge in [0.25, 0.3) is 0 Å². The van der Waals surface area contributed by atoms with Crippen molar-refractivity contribution in [3.8, 4) is 34.0 Å². The van der Waals surface area contributed by atoms with Crippen LogP contribution in [0, 0.1) is 35.3 Å². The topological polar surface area (TPSA) is 184 Å². The zero-order chi connectivity index (χ0) is 61.2. The fourth-order valence-electron chi connectivity index (χ4n) is 13.4. The van der Waals surface area contributed by atoms with Gasteiger partial charge in [-0.2, -0.15) is 0 Å². The van der Waals surface area contributed by atoms with Crippen LogP contribution in [0.15, 0.2) is 90.5 Å². The van der Waals surface area contributed by atoms with Crippen LogP contribution >= 0.6 is 46.2 Å². The lowest BCUT2D eigenvalue weighted by atomic mass is 9.84. The number of hydrogen-bond donors (Lipinski definition) is 3. The Bertz CT molecular complexity index is 3870. The van der Waals surface area contributed by atoms with Gasteiger partial charge < -0.3 is 39.0 Å². The normalized spacial score (nSPS) is 23.3. The zero-order valence-electron chi connectivity index (χ0n) is 47.1. The number of hydrogen-bond acceptors (Lipinski definition) is 17. The van der Waals surface area contributed by atoms with Gasteiger partial charge in [0.05, 0.1) is 27.1 Å². The lowest BCUT2D eigenvalue weighted by molar-refractivity contribution is -0.275. The number of thiazole rings is 2. The van der Waals surface area contributed by atoms with E-state index in [0.717, 1.165) is 114 Å². The van der Waals surface area contributed by atoms with Crippen molar-refractivity contribution < 1.29 is 73.1 Å². The first kappa shape index (κ1) is 60.6. The molecular weight excluding hydrogens is 1240 g/mol. The highest BCUT2D eigenvalue weighted by Gasteiger charge is 2.46. The minimum Gasteiger partial charge on any atom is -0.478 e. The van der Waals surface area contributed by atoms with Gasteiger partial charge in [0.2, 0.25) is 0 Å². The number of nitrogens with one attached hydrogen (secondary N) is 2. The number of aromatic carboxylic acids is 1. The molecule has 4 aromatic heterocycles. The van der Waals surface area contributed by atoms with Gasteiger partial charge in [-0.15, -0.1) is 49.0 Å². The summed E-state index contributed by atoms with van der Waals surface area (Å²) >= 11 is 6.10. The van der Waals surface area contributed by atoms with Crippen molar-refractivity contribution in [1.29, 1.82) is 0 Å². The summed E-state index contributed by atoms with van der Waals surface area (Å²) < 4.78 is 136. The van der Waals surface area contributed by atoms with Crippen LogP contribution in [0.4, 0.5) is 35.1 Å². The van der Waals surface area contributed by atoms with E-state index in [4.69, 9.17) is 13.8 Å². The fourth-order valence-corrected chi connectivity index (χ4v) is 19.0. The number of halogens is 8. The molecule has 8 aromatic rings. The Hall–Kier alpha value is -6.32. The molecule has 14 rings (SSSR count). The highest BCUT2D eigenvalue weighted by molar-refractivity contribution is 8.02. The summed E-state index contributed by atoms with van der Waals surface area (Å²) in [6, 6.07) is 17.8. The summed E-state index contributed by atoms with van der Waals surface area (Å²) in [6.45, 7) is 2.79. The Morgan fingerprint density at radius 1 is 0.614 bits per heavy atom. The number of nitrogens with zero attached hydrogens (tertiary/aromatic N) is 4. The maximum Gasteiger partial charge on any atom is 0.573 e. The minimum atomic E-state index is -4.82. The Labute approximate surface area is 515 Å². The molecule has 6 aliphatic carbocycles. The van der Waals surface area contributed by atoms with Gasteiger partial charge in [0, 0.05) is 69.8 Å². The maximum atomic E-state index is 14.8. The van der Waals surface area contributed by atoms with Crippen molar-refractivity contribution in [3.63, 3.8) is 0 Å². The number of ether oxygens (including phenoxy) is 3. The molecule has 4 aromatic carbocycles. The number of esters is 1. The third-order valence-corrected chi connectivity index (χ3v) is 22.9. The van der Waals surface area contributed by atoms with Gasteiger partial charge in [-0.25, -0.2) is 28.3 Å². The molecule has 3 N–H and O–H groups in total. The molecule has 4 heterocycles. The Balaban J connectivity index is 0.000000162. The van der Waals surface area contributed by atoms with E-state index in [9.17, 15) is 49.8 Å². The average Bonchev–Trinajstić information content (AvgIpc) is 1.99. The third-order valence-electron chi connectivity index (χ3n) is 17.5. The SMILES string of the molecule is CCOC(=O)c1cc(F)c2nc(SC3C4CCC3CC(NCc3c(-c5ccccc5OC(F)(F)F)noc3C3CC3)C4)sc2c1.O=C(O)c1cc(F)c2nc(SC3C4CCC3CC(NCc3c(-c5ccccc5OC(F)(F)F)noc3C3CC3)C4)sc2c1. The first-order valence-electron chi connectivity index (χ1n) is 29.4. The number of carbonyl (C=O) groups is 2. The summed E-state index contributed by atoms with van der Waals surface area (Å²) in [5.74, 6) is 0.189. The number of aromatic nitrogens is 4. The number of fused-ring (bicyclic) bond motifs is 6. The van der Waals surface area contributed by atoms with Crippen LogP contribution in [-0.4, -0.2) is 79.2 Å². The molecule has 14 nitrogen and oxygen atoms in total. The fraction of sp³-hybridized carbons (Fsp3) is 0.452. The standard InChI is InChI=1S/C32H31F4N3O4S2.C30H27F4N3O4S2/c1-2-41-30(40)19-13-23(33)27-25(14-19)44-31(38-27)45-29-17-9-10-18(29)12-20(11-17)37-15-22-26(39-43-28(22)16-7-8-16)21-5-3-4-6-24(21)42-32(34,35)36;31-21-11-17(28(38)39)12-23-25(21)36-29(42-23)43-27-15-7-8-16(27)10-18(9-15)35-13-20-24(37-41-26(20)14-5-6-14)19-3-1-2-4-22(19)40-30(32,33)34/h3-6,13-14,16-18,20,29,37H,2,7-12,15H2,1H3;1-4,11-12,14-16,18,27,35H,5-10,13H2,(H,38,39). The molecule has 464 valence electrons. The van der Waals surface area contributed by atoms with Crippen molar-refractivity contribution in [2.45, 2.75) is 153 Å². The molecule has 88 heavy (non-hydrogen) atoms. The monoisotopic (exact) mass is 1290 g/mol. The summed E-state index contributed by atoms with van der Waals surface area (Å²) in [5.41, 5.74) is 3.40. The van der Waals surface area contributed by atoms with Crippen LogP contribution in [0.5, 0.6) is 11.5 Å². The summed E-state index contributed by atoms with van der Waals surface area (Å²) in [4.78, 5) is 32.6. The molecule has 4 unspecified atom stereocenters. The first-order valence-corrected chi connectivity index (χ1v) is 32.8. The number of para-hydroxylation sites is 2. The predicted molar refractivity (Wildman–Crippen MR) is 315 cm³/mol. The molecule has 0 radical (unpaired) electrons. The van der Waals surface area contributed by atoms with Crippen molar-refractivity contribution in [1.82, 2.24) is 30.9 Å². The van der Waals surface area contributed by atoms with Crippen LogP contribution in [0.2, 0.25) is 0 Å². The van der Waals surface area contributed by atoms with E-state index in [1.807, 2.05) is 0 Å². The van der Waals surface area contributed by atoms with Crippen molar-refractivity contribution in [3.05, 3.63) is 118 Å². The molecule has 6 fully saturated rings. The van der Waals surface area contributed by atoms with Crippen molar-refractivity contribution in [2.24, 2.45) is 23.7 Å². The minimum absolute atomic E-state index is 0.0889. The Morgan fingerprint density at radius 3 is 1.42 bits per heavy atom. The van der Waals surface area contributed by atoms with Gasteiger partial charge in [0.15, 0.2) is 20.3 Å². The largest absolute Gasteiger partial charge is 0.573 e. The van der Waals surface area contributed by atoms with E-state index in [2.05, 4.69) is 40.4 Å². The van der Waals surface area contributed by atoms with Gasteiger partial charge in [-0.05, 0) is 156 Å². The van der Waals surface area contributed by atoms with E-state index < -0.39 is 36.3 Å². The third kappa shape index (κ3) is 13.3. The van der Waals surface area contributed by atoms with Crippen LogP contribution < -0.4 is 20.1 Å². The summed E-state index contributed by atoms with van der Waals surface area (Å²) in [5, 5.41) is 25.7. The van der Waals surface area contributed by atoms with Gasteiger partial charge in [-0.1, -0.05) is 58.1 Å². The lowest BCUT2D eigenvalue weighted by Crippen LogP contribution is -2.39. The summed E-state index contributed by atoms with van der Waals surface area (Å²) in [7, 11) is 0. The van der Waals surface area contributed by atoms with E-state index in [0.29, 0.717) is 68.0 Å². The lowest BCUT2D eigenvalue weighted by Gasteiger charge is -2.35. The molecular formula is C62H58F8N6O8S4. The van der Waals surface area contributed by atoms with Crippen molar-refractivity contribution in [2.75, 3.05) is 6.61 Å². The predicted octanol–water partition coefficient (Wildman–Crippen LogP) is 16.5. The van der Waals surface area contributed by atoms with E-state index in [-0.39, 0.29) is 75.3 Å². The number of benzene rings is 4. The van der Waals surface area contributed by atoms with Crippen LogP contribution in [0.25, 0.3) is 42.9 Å². The molecule has 4 atom stereocenters. The molecule has 0 saturated heterocycles. The molecule has 0 spiro atoms. The second kappa shape index (κ2) is 24.8. The number of carboxylic acid groups (broad SMARTS) is 1. The second-order valence-corrected chi connectivity index (χ2v) is 28.3. The number of alkyl halides is 6. The highest BCUT2D eigenvalue weighted by Crippen LogP contribution is 2.54. The van der Waals surface area contributed by atoms with E-state index in [1.165, 1.54) is 59.1 Å². The average molecular weight is 1300 g/mol. The molecule has 0 amide bonds.